The van der Waals surface area contributed by atoms with Gasteiger partial charge in [0.05, 0.1) is 12.7 Å². The van der Waals surface area contributed by atoms with E-state index in [1.54, 1.807) is 0 Å². The van der Waals surface area contributed by atoms with Crippen LogP contribution in [-0.2, 0) is 4.74 Å². The highest BCUT2D eigenvalue weighted by molar-refractivity contribution is 4.76. The first-order valence-electron chi connectivity index (χ1n) is 6.96. The van der Waals surface area contributed by atoms with Crippen molar-refractivity contribution < 1.29 is 4.74 Å². The minimum Gasteiger partial charge on any atom is -0.377 e. The highest BCUT2D eigenvalue weighted by Gasteiger charge is 2.25. The van der Waals surface area contributed by atoms with Gasteiger partial charge in [-0.15, -0.1) is 0 Å². The second-order valence-electron chi connectivity index (χ2n) is 5.50. The Kier molecular flexibility index (Phi) is 6.37. The minimum absolute atomic E-state index is 0.513. The fraction of sp³-hybridized carbons (Fsp3) is 1.00. The average molecular weight is 227 g/mol. The van der Waals surface area contributed by atoms with Crippen molar-refractivity contribution in [1.82, 2.24) is 5.32 Å². The molecule has 4 unspecified atom stereocenters. The predicted molar refractivity (Wildman–Crippen MR) is 69.7 cm³/mol. The Morgan fingerprint density at radius 1 is 1.25 bits per heavy atom. The zero-order valence-electron chi connectivity index (χ0n) is 11.5. The van der Waals surface area contributed by atoms with Gasteiger partial charge in [-0.1, -0.05) is 27.2 Å². The van der Waals surface area contributed by atoms with Crippen molar-refractivity contribution >= 4 is 0 Å². The zero-order valence-corrected chi connectivity index (χ0v) is 11.5. The maximum absolute atomic E-state index is 6.04. The van der Waals surface area contributed by atoms with Gasteiger partial charge in [0.15, 0.2) is 0 Å². The van der Waals surface area contributed by atoms with Crippen molar-refractivity contribution in [3.63, 3.8) is 0 Å². The summed E-state index contributed by atoms with van der Waals surface area (Å²) in [5.74, 6) is 1.72. The lowest BCUT2D eigenvalue weighted by molar-refractivity contribution is -0.00742. The summed E-state index contributed by atoms with van der Waals surface area (Å²) in [6.07, 6.45) is 6.81. The third-order valence-electron chi connectivity index (χ3n) is 4.13. The Hall–Kier alpha value is -0.0800. The molecule has 0 bridgehead atoms. The van der Waals surface area contributed by atoms with Crippen LogP contribution in [0.5, 0.6) is 0 Å². The van der Waals surface area contributed by atoms with Crippen LogP contribution in [0.3, 0.4) is 0 Å². The molecule has 96 valence electrons. The van der Waals surface area contributed by atoms with Crippen LogP contribution in [0.1, 0.15) is 52.9 Å². The van der Waals surface area contributed by atoms with Gasteiger partial charge < -0.3 is 10.1 Å². The third-order valence-corrected chi connectivity index (χ3v) is 4.13. The molecule has 0 aromatic heterocycles. The lowest BCUT2D eigenvalue weighted by Crippen LogP contribution is -2.34. The number of likely N-dealkylation sites (N-methyl/N-ethyl adjacent to an activating group) is 1. The summed E-state index contributed by atoms with van der Waals surface area (Å²) in [5, 5.41) is 3.34. The van der Waals surface area contributed by atoms with Crippen LogP contribution in [0, 0.1) is 11.8 Å². The van der Waals surface area contributed by atoms with Gasteiger partial charge in [-0.3, -0.25) is 0 Å². The molecule has 0 aromatic rings. The number of hydrogen-bond acceptors (Lipinski definition) is 2. The summed E-state index contributed by atoms with van der Waals surface area (Å²) in [5.41, 5.74) is 0. The van der Waals surface area contributed by atoms with Gasteiger partial charge in [0, 0.05) is 6.04 Å². The number of ether oxygens (including phenoxy) is 1. The monoisotopic (exact) mass is 227 g/mol. The van der Waals surface area contributed by atoms with E-state index < -0.39 is 0 Å². The minimum atomic E-state index is 0.513. The lowest BCUT2D eigenvalue weighted by atomic mass is 9.80. The van der Waals surface area contributed by atoms with Crippen molar-refractivity contribution in [2.45, 2.75) is 65.0 Å². The predicted octanol–water partition coefficient (Wildman–Crippen LogP) is 3.22. The summed E-state index contributed by atoms with van der Waals surface area (Å²) < 4.78 is 6.04. The molecule has 1 saturated carbocycles. The lowest BCUT2D eigenvalue weighted by Gasteiger charge is -2.32. The highest BCUT2D eigenvalue weighted by Crippen LogP contribution is 2.30. The van der Waals surface area contributed by atoms with Gasteiger partial charge in [0.1, 0.15) is 0 Å². The molecule has 2 heteroatoms. The summed E-state index contributed by atoms with van der Waals surface area (Å²) in [4.78, 5) is 0. The molecule has 0 heterocycles. The quantitative estimate of drug-likeness (QED) is 0.752. The van der Waals surface area contributed by atoms with E-state index in [1.165, 1.54) is 32.1 Å². The van der Waals surface area contributed by atoms with Crippen LogP contribution in [0.25, 0.3) is 0 Å². The summed E-state index contributed by atoms with van der Waals surface area (Å²) >= 11 is 0. The van der Waals surface area contributed by atoms with Crippen molar-refractivity contribution in [3.8, 4) is 0 Å². The Balaban J connectivity index is 2.21. The molecule has 16 heavy (non-hydrogen) atoms. The fourth-order valence-electron chi connectivity index (χ4n) is 2.56. The van der Waals surface area contributed by atoms with Gasteiger partial charge in [-0.2, -0.15) is 0 Å². The summed E-state index contributed by atoms with van der Waals surface area (Å²) in [7, 11) is 2.04. The largest absolute Gasteiger partial charge is 0.377 e. The number of rotatable bonds is 6. The van der Waals surface area contributed by atoms with Gasteiger partial charge in [-0.25, -0.2) is 0 Å². The molecule has 1 N–H and O–H groups in total. The molecular weight excluding hydrogens is 198 g/mol. The second-order valence-corrected chi connectivity index (χ2v) is 5.50. The molecule has 0 aromatic carbocycles. The van der Waals surface area contributed by atoms with E-state index in [-0.39, 0.29) is 0 Å². The molecule has 2 nitrogen and oxygen atoms in total. The summed E-state index contributed by atoms with van der Waals surface area (Å²) in [6.45, 7) is 7.85. The van der Waals surface area contributed by atoms with E-state index in [0.29, 0.717) is 12.1 Å². The van der Waals surface area contributed by atoms with Gasteiger partial charge >= 0.3 is 0 Å². The summed E-state index contributed by atoms with van der Waals surface area (Å²) in [6, 6.07) is 0.541. The Morgan fingerprint density at radius 3 is 2.56 bits per heavy atom. The van der Waals surface area contributed by atoms with Gasteiger partial charge in [-0.05, 0) is 44.6 Å². The van der Waals surface area contributed by atoms with Crippen molar-refractivity contribution in [2.24, 2.45) is 11.8 Å². The van der Waals surface area contributed by atoms with Crippen LogP contribution >= 0.6 is 0 Å². The normalized spacial score (nSPS) is 32.6. The molecule has 4 atom stereocenters. The van der Waals surface area contributed by atoms with E-state index >= 15 is 0 Å². The molecule has 0 amide bonds. The molecule has 0 spiro atoms. The maximum atomic E-state index is 6.04. The zero-order chi connectivity index (χ0) is 12.0. The highest BCUT2D eigenvalue weighted by atomic mass is 16.5. The first kappa shape index (κ1) is 14.0. The van der Waals surface area contributed by atoms with Crippen LogP contribution in [-0.4, -0.2) is 25.8 Å². The van der Waals surface area contributed by atoms with Crippen molar-refractivity contribution in [3.05, 3.63) is 0 Å². The molecule has 1 rings (SSSR count). The van der Waals surface area contributed by atoms with Crippen LogP contribution in [0.4, 0.5) is 0 Å². The molecule has 0 aliphatic heterocycles. The van der Waals surface area contributed by atoms with E-state index in [1.807, 2.05) is 7.05 Å². The smallest absolute Gasteiger partial charge is 0.0623 e. The van der Waals surface area contributed by atoms with E-state index in [9.17, 15) is 0 Å². The van der Waals surface area contributed by atoms with E-state index in [0.717, 1.165) is 18.4 Å². The molecule has 1 aliphatic rings. The molecule has 0 radical (unpaired) electrons. The van der Waals surface area contributed by atoms with Crippen LogP contribution < -0.4 is 5.32 Å². The average Bonchev–Trinajstić information content (AvgIpc) is 2.28. The van der Waals surface area contributed by atoms with Crippen LogP contribution in [0.2, 0.25) is 0 Å². The Labute approximate surface area is 101 Å². The molecule has 1 aliphatic carbocycles. The Bertz CT molecular complexity index is 184. The SMILES string of the molecule is CCCC(COC1CCC(C)C(C)C1)NC. The fourth-order valence-corrected chi connectivity index (χ4v) is 2.56. The molecule has 0 saturated heterocycles. The number of hydrogen-bond donors (Lipinski definition) is 1. The first-order chi connectivity index (χ1) is 7.67. The number of nitrogens with one attached hydrogen (secondary N) is 1. The van der Waals surface area contributed by atoms with Gasteiger partial charge in [0.2, 0.25) is 0 Å². The third kappa shape index (κ3) is 4.42. The molecule has 1 fully saturated rings. The van der Waals surface area contributed by atoms with Crippen molar-refractivity contribution in [1.29, 1.82) is 0 Å². The second kappa shape index (κ2) is 7.29. The maximum Gasteiger partial charge on any atom is 0.0623 e. The first-order valence-corrected chi connectivity index (χ1v) is 6.96. The van der Waals surface area contributed by atoms with Crippen LogP contribution in [0.15, 0.2) is 0 Å². The van der Waals surface area contributed by atoms with E-state index in [2.05, 4.69) is 26.1 Å². The topological polar surface area (TPSA) is 21.3 Å². The molecular formula is C14H29NO. The van der Waals surface area contributed by atoms with Crippen molar-refractivity contribution in [2.75, 3.05) is 13.7 Å². The van der Waals surface area contributed by atoms with E-state index in [4.69, 9.17) is 4.74 Å². The van der Waals surface area contributed by atoms with Gasteiger partial charge in [0.25, 0.3) is 0 Å². The standard InChI is InChI=1S/C14H29NO/c1-5-6-13(15-4)10-16-14-8-7-11(2)12(3)9-14/h11-15H,5-10H2,1-4H3. The Morgan fingerprint density at radius 2 is 2.00 bits per heavy atom.